The number of urea groups is 2. The quantitative estimate of drug-likeness (QED) is 0.104. The summed E-state index contributed by atoms with van der Waals surface area (Å²) in [5.74, 6) is 0. The Kier molecular flexibility index (Phi) is 15.0. The second kappa shape index (κ2) is 20.3. The van der Waals surface area contributed by atoms with Gasteiger partial charge in [0.25, 0.3) is 0 Å². The fourth-order valence-corrected chi connectivity index (χ4v) is 7.02. The molecule has 4 amide bonds. The maximum Gasteiger partial charge on any atom is 0.329 e. The van der Waals surface area contributed by atoms with E-state index >= 15 is 0 Å². The van der Waals surface area contributed by atoms with E-state index in [0.717, 1.165) is 89.0 Å². The van der Waals surface area contributed by atoms with E-state index in [1.165, 1.54) is 11.1 Å². The van der Waals surface area contributed by atoms with E-state index in [1.54, 1.807) is 0 Å². The van der Waals surface area contributed by atoms with Crippen molar-refractivity contribution >= 4 is 23.4 Å². The average Bonchev–Trinajstić information content (AvgIpc) is 3.18. The van der Waals surface area contributed by atoms with E-state index in [1.807, 2.05) is 75.4 Å². The molecule has 0 N–H and O–H groups in total. The Bertz CT molecular complexity index is 1480. The molecular weight excluding hydrogens is 631 g/mol. The molecule has 0 spiro atoms. The molecular formula is C44H57N5O2. The third kappa shape index (κ3) is 11.2. The molecule has 0 saturated carbocycles. The molecule has 5 rings (SSSR count). The second-order valence-electron chi connectivity index (χ2n) is 13.7. The van der Waals surface area contributed by atoms with Crippen molar-refractivity contribution in [1.82, 2.24) is 19.6 Å². The van der Waals surface area contributed by atoms with Crippen molar-refractivity contribution in [3.63, 3.8) is 0 Å². The van der Waals surface area contributed by atoms with Gasteiger partial charge in [-0.15, -0.1) is 0 Å². The summed E-state index contributed by atoms with van der Waals surface area (Å²) >= 11 is 0. The Morgan fingerprint density at radius 1 is 0.588 bits per heavy atom. The van der Waals surface area contributed by atoms with Crippen LogP contribution in [-0.2, 0) is 13.1 Å². The first-order valence-corrected chi connectivity index (χ1v) is 19.1. The summed E-state index contributed by atoms with van der Waals surface area (Å²) in [4.78, 5) is 39.5. The van der Waals surface area contributed by atoms with Gasteiger partial charge >= 0.3 is 12.1 Å². The minimum absolute atomic E-state index is 0.0510. The van der Waals surface area contributed by atoms with Crippen LogP contribution in [0, 0.1) is 0 Å². The number of unbranched alkanes of at least 4 members (excludes halogenated alkanes) is 4. The largest absolute Gasteiger partial charge is 0.329 e. The molecule has 51 heavy (non-hydrogen) atoms. The Balaban J connectivity index is 1.42. The molecule has 0 bridgehead atoms. The zero-order valence-electron chi connectivity index (χ0n) is 30.8. The monoisotopic (exact) mass is 687 g/mol. The van der Waals surface area contributed by atoms with Crippen LogP contribution in [-0.4, -0.2) is 77.0 Å². The molecule has 1 fully saturated rings. The number of carbonyl (C=O) groups excluding carboxylic acids is 2. The molecule has 1 aliphatic rings. The molecule has 1 atom stereocenters. The lowest BCUT2D eigenvalue weighted by atomic mass is 10.1. The lowest BCUT2D eigenvalue weighted by molar-refractivity contribution is 0.0819. The summed E-state index contributed by atoms with van der Waals surface area (Å²) in [6, 6.07) is 40.9. The SMILES string of the molecule is CCCCCN(CCCCC)C(=O)N1CCN(C(=O)N(c2ccccc2)c2ccccc2)C(CCN(Cc2ccccc2)Cc2ccccc2)C1. The summed E-state index contributed by atoms with van der Waals surface area (Å²) in [5.41, 5.74) is 4.18. The number of carbonyl (C=O) groups is 2. The van der Waals surface area contributed by atoms with Gasteiger partial charge in [-0.1, -0.05) is 137 Å². The van der Waals surface area contributed by atoms with Crippen LogP contribution in [0.1, 0.15) is 69.9 Å². The van der Waals surface area contributed by atoms with Gasteiger partial charge < -0.3 is 14.7 Å². The number of anilines is 2. The van der Waals surface area contributed by atoms with Crippen LogP contribution < -0.4 is 4.90 Å². The highest BCUT2D eigenvalue weighted by Crippen LogP contribution is 2.29. The molecule has 7 nitrogen and oxygen atoms in total. The molecule has 1 heterocycles. The summed E-state index contributed by atoms with van der Waals surface area (Å²) in [7, 11) is 0. The van der Waals surface area contributed by atoms with Gasteiger partial charge in [-0.05, 0) is 54.7 Å². The van der Waals surface area contributed by atoms with Crippen LogP contribution in [0.25, 0.3) is 0 Å². The van der Waals surface area contributed by atoms with Gasteiger partial charge in [0.2, 0.25) is 0 Å². The molecule has 4 aromatic carbocycles. The van der Waals surface area contributed by atoms with Gasteiger partial charge in [0, 0.05) is 52.4 Å². The number of benzene rings is 4. The first-order chi connectivity index (χ1) is 25.1. The van der Waals surface area contributed by atoms with Crippen LogP contribution >= 0.6 is 0 Å². The fraction of sp³-hybridized carbons (Fsp3) is 0.409. The van der Waals surface area contributed by atoms with Crippen LogP contribution in [0.2, 0.25) is 0 Å². The molecule has 0 aromatic heterocycles. The van der Waals surface area contributed by atoms with Crippen molar-refractivity contribution in [2.75, 3.05) is 44.2 Å². The number of rotatable bonds is 17. The summed E-state index contributed by atoms with van der Waals surface area (Å²) in [6.07, 6.45) is 7.29. The predicted molar refractivity (Wildman–Crippen MR) is 210 cm³/mol. The Labute approximate surface area is 306 Å². The lowest BCUT2D eigenvalue weighted by Crippen LogP contribution is -2.61. The zero-order valence-corrected chi connectivity index (χ0v) is 30.8. The number of nitrogens with zero attached hydrogens (tertiary/aromatic N) is 5. The van der Waals surface area contributed by atoms with Gasteiger partial charge in [0.1, 0.15) is 0 Å². The zero-order chi connectivity index (χ0) is 35.7. The van der Waals surface area contributed by atoms with Crippen molar-refractivity contribution in [3.8, 4) is 0 Å². The molecule has 1 saturated heterocycles. The standard InChI is InChI=1S/C44H57N5O2/c1-3-5-19-30-46(31-20-6-4-2)43(50)47-33-34-48(44(51)49(40-25-15-9-16-26-40)41-27-17-10-18-28-41)42(37-47)29-32-45(35-38-21-11-7-12-22-38)36-39-23-13-8-14-24-39/h7-18,21-28,42H,3-6,19-20,29-37H2,1-2H3. The molecule has 7 heteroatoms. The Morgan fingerprint density at radius 3 is 1.53 bits per heavy atom. The third-order valence-electron chi connectivity index (χ3n) is 9.83. The van der Waals surface area contributed by atoms with E-state index in [4.69, 9.17) is 0 Å². The predicted octanol–water partition coefficient (Wildman–Crippen LogP) is 9.83. The average molecular weight is 688 g/mol. The van der Waals surface area contributed by atoms with E-state index in [0.29, 0.717) is 19.6 Å². The van der Waals surface area contributed by atoms with Crippen LogP contribution in [0.4, 0.5) is 21.0 Å². The van der Waals surface area contributed by atoms with Crippen molar-refractivity contribution < 1.29 is 9.59 Å². The number of piperazine rings is 1. The second-order valence-corrected chi connectivity index (χ2v) is 13.7. The van der Waals surface area contributed by atoms with Gasteiger partial charge in [0.05, 0.1) is 17.4 Å². The molecule has 0 aliphatic carbocycles. The molecule has 1 aliphatic heterocycles. The molecule has 4 aromatic rings. The minimum Gasteiger partial charge on any atom is -0.325 e. The fourth-order valence-electron chi connectivity index (χ4n) is 7.02. The van der Waals surface area contributed by atoms with Crippen LogP contribution in [0.5, 0.6) is 0 Å². The minimum atomic E-state index is -0.146. The highest BCUT2D eigenvalue weighted by atomic mass is 16.2. The molecule has 0 radical (unpaired) electrons. The highest BCUT2D eigenvalue weighted by Gasteiger charge is 2.37. The molecule has 1 unspecified atom stereocenters. The van der Waals surface area contributed by atoms with Crippen molar-refractivity contribution in [3.05, 3.63) is 132 Å². The molecule has 270 valence electrons. The van der Waals surface area contributed by atoms with Gasteiger partial charge in [-0.3, -0.25) is 9.80 Å². The van der Waals surface area contributed by atoms with Crippen molar-refractivity contribution in [2.24, 2.45) is 0 Å². The third-order valence-corrected chi connectivity index (χ3v) is 9.83. The van der Waals surface area contributed by atoms with Crippen LogP contribution in [0.3, 0.4) is 0 Å². The number of para-hydroxylation sites is 2. The van der Waals surface area contributed by atoms with E-state index in [2.05, 4.69) is 84.3 Å². The number of amides is 4. The van der Waals surface area contributed by atoms with E-state index in [-0.39, 0.29) is 18.1 Å². The first kappa shape index (κ1) is 37.6. The summed E-state index contributed by atoms with van der Waals surface area (Å²) in [5, 5.41) is 0. The summed E-state index contributed by atoms with van der Waals surface area (Å²) < 4.78 is 0. The van der Waals surface area contributed by atoms with Crippen molar-refractivity contribution in [1.29, 1.82) is 0 Å². The van der Waals surface area contributed by atoms with Gasteiger partial charge in [0.15, 0.2) is 0 Å². The topological polar surface area (TPSA) is 50.3 Å². The number of hydrogen-bond donors (Lipinski definition) is 0. The maximum absolute atomic E-state index is 14.8. The van der Waals surface area contributed by atoms with Gasteiger partial charge in [-0.2, -0.15) is 0 Å². The Morgan fingerprint density at radius 2 is 1.06 bits per heavy atom. The van der Waals surface area contributed by atoms with Crippen LogP contribution in [0.15, 0.2) is 121 Å². The normalized spacial score (nSPS) is 14.5. The van der Waals surface area contributed by atoms with Crippen molar-refractivity contribution in [2.45, 2.75) is 77.9 Å². The smallest absolute Gasteiger partial charge is 0.325 e. The highest BCUT2D eigenvalue weighted by molar-refractivity contribution is 5.99. The number of hydrogen-bond acceptors (Lipinski definition) is 3. The van der Waals surface area contributed by atoms with Gasteiger partial charge in [-0.25, -0.2) is 9.59 Å². The first-order valence-electron chi connectivity index (χ1n) is 19.1. The van der Waals surface area contributed by atoms with E-state index < -0.39 is 0 Å². The lowest BCUT2D eigenvalue weighted by Gasteiger charge is -2.45. The Hall–Kier alpha value is -4.62. The van der Waals surface area contributed by atoms with E-state index in [9.17, 15) is 9.59 Å². The maximum atomic E-state index is 14.8. The summed E-state index contributed by atoms with van der Waals surface area (Å²) in [6.45, 7) is 9.92.